The Kier molecular flexibility index (Phi) is 3.77. The standard InChI is InChI=1S/C20H15F2NS/c1-12(14-8-15(21)11-16(22)9-14)13-6-7-20-18(10-13)23-17-4-2-3-5-19(17)24-20/h2-12,23H,1H3. The Morgan fingerprint density at radius 1 is 0.792 bits per heavy atom. The summed E-state index contributed by atoms with van der Waals surface area (Å²) in [5.74, 6) is -1.18. The summed E-state index contributed by atoms with van der Waals surface area (Å²) in [5.41, 5.74) is 3.76. The van der Waals surface area contributed by atoms with Crippen LogP contribution in [-0.4, -0.2) is 0 Å². The van der Waals surface area contributed by atoms with Crippen LogP contribution >= 0.6 is 11.8 Å². The SMILES string of the molecule is CC(c1cc(F)cc(F)c1)c1ccc2c(c1)Nc1ccccc1S2. The zero-order valence-corrected chi connectivity index (χ0v) is 13.8. The lowest BCUT2D eigenvalue weighted by Gasteiger charge is -2.22. The minimum absolute atomic E-state index is 0.0931. The Morgan fingerprint density at radius 2 is 1.50 bits per heavy atom. The first kappa shape index (κ1) is 15.2. The van der Waals surface area contributed by atoms with Gasteiger partial charge in [-0.2, -0.15) is 0 Å². The van der Waals surface area contributed by atoms with Gasteiger partial charge < -0.3 is 5.32 Å². The average molecular weight is 339 g/mol. The predicted molar refractivity (Wildman–Crippen MR) is 94.2 cm³/mol. The lowest BCUT2D eigenvalue weighted by Crippen LogP contribution is -2.03. The molecule has 120 valence electrons. The highest BCUT2D eigenvalue weighted by Gasteiger charge is 2.18. The lowest BCUT2D eigenvalue weighted by molar-refractivity contribution is 0.578. The number of halogens is 2. The molecule has 4 heteroatoms. The van der Waals surface area contributed by atoms with Crippen molar-refractivity contribution in [3.63, 3.8) is 0 Å². The summed E-state index contributed by atoms with van der Waals surface area (Å²) in [6.45, 7) is 1.96. The van der Waals surface area contributed by atoms with E-state index in [9.17, 15) is 8.78 Å². The Labute approximate surface area is 143 Å². The molecule has 0 saturated heterocycles. The van der Waals surface area contributed by atoms with E-state index in [1.807, 2.05) is 31.2 Å². The van der Waals surface area contributed by atoms with Gasteiger partial charge in [0.25, 0.3) is 0 Å². The highest BCUT2D eigenvalue weighted by Crippen LogP contribution is 2.45. The van der Waals surface area contributed by atoms with Gasteiger partial charge in [-0.1, -0.05) is 36.9 Å². The molecule has 1 aliphatic heterocycles. The summed E-state index contributed by atoms with van der Waals surface area (Å²) in [6, 6.07) is 18.0. The van der Waals surface area contributed by atoms with Crippen LogP contribution in [0.1, 0.15) is 24.0 Å². The molecule has 1 unspecified atom stereocenters. The van der Waals surface area contributed by atoms with E-state index in [-0.39, 0.29) is 5.92 Å². The predicted octanol–water partition coefficient (Wildman–Crippen LogP) is 6.32. The smallest absolute Gasteiger partial charge is 0.126 e. The first-order valence-corrected chi connectivity index (χ1v) is 8.55. The van der Waals surface area contributed by atoms with Crippen molar-refractivity contribution in [3.05, 3.63) is 83.4 Å². The molecule has 0 aromatic heterocycles. The molecule has 24 heavy (non-hydrogen) atoms. The molecule has 3 aromatic carbocycles. The highest BCUT2D eigenvalue weighted by molar-refractivity contribution is 7.99. The van der Waals surface area contributed by atoms with Crippen LogP contribution in [0.25, 0.3) is 0 Å². The number of nitrogens with one attached hydrogen (secondary N) is 1. The fraction of sp³-hybridized carbons (Fsp3) is 0.100. The van der Waals surface area contributed by atoms with Crippen LogP contribution in [0.3, 0.4) is 0 Å². The van der Waals surface area contributed by atoms with Gasteiger partial charge in [-0.25, -0.2) is 8.78 Å². The Balaban J connectivity index is 1.69. The van der Waals surface area contributed by atoms with Crippen molar-refractivity contribution in [2.45, 2.75) is 22.6 Å². The molecule has 0 spiro atoms. The van der Waals surface area contributed by atoms with Gasteiger partial charge in [0, 0.05) is 21.8 Å². The van der Waals surface area contributed by atoms with Gasteiger partial charge in [0.2, 0.25) is 0 Å². The van der Waals surface area contributed by atoms with E-state index < -0.39 is 11.6 Å². The molecule has 1 aliphatic rings. The van der Waals surface area contributed by atoms with E-state index in [2.05, 4.69) is 23.5 Å². The van der Waals surface area contributed by atoms with Crippen molar-refractivity contribution in [1.82, 2.24) is 0 Å². The van der Waals surface area contributed by atoms with Crippen LogP contribution in [0, 0.1) is 11.6 Å². The van der Waals surface area contributed by atoms with E-state index >= 15 is 0 Å². The van der Waals surface area contributed by atoms with Gasteiger partial charge in [-0.3, -0.25) is 0 Å². The van der Waals surface area contributed by atoms with Crippen LogP contribution in [0.2, 0.25) is 0 Å². The summed E-state index contributed by atoms with van der Waals surface area (Å²) >= 11 is 1.72. The Morgan fingerprint density at radius 3 is 2.29 bits per heavy atom. The second-order valence-corrected chi connectivity index (χ2v) is 6.99. The number of hydrogen-bond acceptors (Lipinski definition) is 2. The Hall–Kier alpha value is -2.33. The number of rotatable bonds is 2. The molecule has 0 aliphatic carbocycles. The topological polar surface area (TPSA) is 12.0 Å². The molecular formula is C20H15F2NS. The van der Waals surface area contributed by atoms with Crippen molar-refractivity contribution in [2.24, 2.45) is 0 Å². The molecular weight excluding hydrogens is 324 g/mol. The second kappa shape index (κ2) is 5.95. The first-order valence-electron chi connectivity index (χ1n) is 7.74. The van der Waals surface area contributed by atoms with E-state index in [0.29, 0.717) is 5.56 Å². The zero-order chi connectivity index (χ0) is 16.7. The fourth-order valence-corrected chi connectivity index (χ4v) is 3.91. The molecule has 1 N–H and O–H groups in total. The largest absolute Gasteiger partial charge is 0.354 e. The van der Waals surface area contributed by atoms with Gasteiger partial charge in [0.05, 0.1) is 11.4 Å². The lowest BCUT2D eigenvalue weighted by atomic mass is 9.92. The summed E-state index contributed by atoms with van der Waals surface area (Å²) < 4.78 is 27.0. The van der Waals surface area contributed by atoms with Crippen LogP contribution in [0.15, 0.2) is 70.5 Å². The number of fused-ring (bicyclic) bond motifs is 2. The number of hydrogen-bond donors (Lipinski definition) is 1. The van der Waals surface area contributed by atoms with Gasteiger partial charge in [0.1, 0.15) is 11.6 Å². The minimum Gasteiger partial charge on any atom is -0.354 e. The first-order chi connectivity index (χ1) is 11.6. The number of para-hydroxylation sites is 1. The maximum Gasteiger partial charge on any atom is 0.126 e. The quantitative estimate of drug-likeness (QED) is 0.458. The summed E-state index contributed by atoms with van der Waals surface area (Å²) in [5, 5.41) is 3.44. The van der Waals surface area contributed by atoms with Crippen molar-refractivity contribution >= 4 is 23.1 Å². The third-order valence-electron chi connectivity index (χ3n) is 4.26. The van der Waals surface area contributed by atoms with Crippen molar-refractivity contribution < 1.29 is 8.78 Å². The van der Waals surface area contributed by atoms with E-state index in [0.717, 1.165) is 27.9 Å². The van der Waals surface area contributed by atoms with Crippen LogP contribution in [-0.2, 0) is 0 Å². The second-order valence-electron chi connectivity index (χ2n) is 5.90. The molecule has 1 heterocycles. The third-order valence-corrected chi connectivity index (χ3v) is 5.42. The molecule has 0 radical (unpaired) electrons. The van der Waals surface area contributed by atoms with Gasteiger partial charge >= 0.3 is 0 Å². The molecule has 0 saturated carbocycles. The van der Waals surface area contributed by atoms with Crippen molar-refractivity contribution in [2.75, 3.05) is 5.32 Å². The molecule has 4 rings (SSSR count). The molecule has 0 fully saturated rings. The van der Waals surface area contributed by atoms with Crippen molar-refractivity contribution in [1.29, 1.82) is 0 Å². The summed E-state index contributed by atoms with van der Waals surface area (Å²) in [4.78, 5) is 2.34. The molecule has 3 aromatic rings. The minimum atomic E-state index is -0.544. The van der Waals surface area contributed by atoms with Crippen LogP contribution in [0.5, 0.6) is 0 Å². The summed E-state index contributed by atoms with van der Waals surface area (Å²) in [7, 11) is 0. The maximum atomic E-state index is 13.5. The molecule has 0 amide bonds. The third kappa shape index (κ3) is 2.78. The monoisotopic (exact) mass is 339 g/mol. The van der Waals surface area contributed by atoms with Gasteiger partial charge in [-0.05, 0) is 47.5 Å². The number of benzene rings is 3. The fourth-order valence-electron chi connectivity index (χ4n) is 2.94. The average Bonchev–Trinajstić information content (AvgIpc) is 2.58. The van der Waals surface area contributed by atoms with Crippen LogP contribution in [0.4, 0.5) is 20.2 Å². The van der Waals surface area contributed by atoms with E-state index in [1.54, 1.807) is 11.8 Å². The van der Waals surface area contributed by atoms with Crippen LogP contribution < -0.4 is 5.32 Å². The molecule has 1 atom stereocenters. The van der Waals surface area contributed by atoms with Gasteiger partial charge in [0.15, 0.2) is 0 Å². The Bertz CT molecular complexity index is 903. The van der Waals surface area contributed by atoms with E-state index in [1.165, 1.54) is 17.0 Å². The molecule has 0 bridgehead atoms. The van der Waals surface area contributed by atoms with Gasteiger partial charge in [-0.15, -0.1) is 0 Å². The van der Waals surface area contributed by atoms with Crippen molar-refractivity contribution in [3.8, 4) is 0 Å². The van der Waals surface area contributed by atoms with E-state index in [4.69, 9.17) is 0 Å². The summed E-state index contributed by atoms with van der Waals surface area (Å²) in [6.07, 6.45) is 0. The molecule has 1 nitrogen and oxygen atoms in total. The number of anilines is 2. The zero-order valence-electron chi connectivity index (χ0n) is 13.0. The maximum absolute atomic E-state index is 13.5. The normalized spacial score (nSPS) is 13.6. The highest BCUT2D eigenvalue weighted by atomic mass is 32.2.